The maximum atomic E-state index is 13.6. The van der Waals surface area contributed by atoms with Gasteiger partial charge in [0.05, 0.1) is 5.69 Å². The standard InChI is InChI=1S/C15H18FN3/c1-4-7-17-15-18-11(3)8-14(19-15)12-6-5-10(2)13(16)9-12/h5-6,8-9H,4,7H2,1-3H3,(H,17,18,19). The summed E-state index contributed by atoms with van der Waals surface area (Å²) >= 11 is 0. The highest BCUT2D eigenvalue weighted by Gasteiger charge is 2.06. The van der Waals surface area contributed by atoms with Crippen LogP contribution in [0, 0.1) is 19.7 Å². The summed E-state index contributed by atoms with van der Waals surface area (Å²) in [7, 11) is 0. The first kappa shape index (κ1) is 13.5. The number of hydrogen-bond acceptors (Lipinski definition) is 3. The zero-order valence-corrected chi connectivity index (χ0v) is 11.5. The smallest absolute Gasteiger partial charge is 0.223 e. The molecule has 1 aromatic heterocycles. The van der Waals surface area contributed by atoms with Crippen molar-refractivity contribution in [1.82, 2.24) is 9.97 Å². The first-order valence-corrected chi connectivity index (χ1v) is 6.46. The molecule has 0 bridgehead atoms. The van der Waals surface area contributed by atoms with Gasteiger partial charge >= 0.3 is 0 Å². The monoisotopic (exact) mass is 259 g/mol. The van der Waals surface area contributed by atoms with Gasteiger partial charge in [-0.2, -0.15) is 0 Å². The SMILES string of the molecule is CCCNc1nc(C)cc(-c2ccc(C)c(F)c2)n1. The van der Waals surface area contributed by atoms with Crippen molar-refractivity contribution >= 4 is 5.95 Å². The predicted molar refractivity (Wildman–Crippen MR) is 75.7 cm³/mol. The molecule has 0 radical (unpaired) electrons. The van der Waals surface area contributed by atoms with E-state index in [0.717, 1.165) is 29.9 Å². The van der Waals surface area contributed by atoms with Crippen LogP contribution >= 0.6 is 0 Å². The average Bonchev–Trinajstić information content (AvgIpc) is 2.39. The van der Waals surface area contributed by atoms with Crippen LogP contribution in [0.4, 0.5) is 10.3 Å². The normalized spacial score (nSPS) is 10.5. The Morgan fingerprint density at radius 2 is 1.95 bits per heavy atom. The van der Waals surface area contributed by atoms with E-state index in [4.69, 9.17) is 0 Å². The van der Waals surface area contributed by atoms with E-state index in [1.54, 1.807) is 13.0 Å². The molecule has 4 heteroatoms. The van der Waals surface area contributed by atoms with Gasteiger partial charge in [-0.15, -0.1) is 0 Å². The van der Waals surface area contributed by atoms with Gasteiger partial charge in [0.15, 0.2) is 0 Å². The number of hydrogen-bond donors (Lipinski definition) is 1. The maximum Gasteiger partial charge on any atom is 0.223 e. The van der Waals surface area contributed by atoms with Gasteiger partial charge in [0.1, 0.15) is 5.82 Å². The third-order valence-corrected chi connectivity index (χ3v) is 2.85. The van der Waals surface area contributed by atoms with Crippen LogP contribution in [0.25, 0.3) is 11.3 Å². The van der Waals surface area contributed by atoms with Crippen molar-refractivity contribution in [2.45, 2.75) is 27.2 Å². The van der Waals surface area contributed by atoms with E-state index in [1.807, 2.05) is 19.1 Å². The number of nitrogens with zero attached hydrogens (tertiary/aromatic N) is 2. The fraction of sp³-hybridized carbons (Fsp3) is 0.333. The number of halogens is 1. The number of rotatable bonds is 4. The van der Waals surface area contributed by atoms with Crippen LogP contribution in [0.5, 0.6) is 0 Å². The minimum Gasteiger partial charge on any atom is -0.354 e. The molecule has 1 heterocycles. The Labute approximate surface area is 112 Å². The van der Waals surface area contributed by atoms with E-state index in [9.17, 15) is 4.39 Å². The molecule has 1 aromatic carbocycles. The fourth-order valence-electron chi connectivity index (χ4n) is 1.78. The van der Waals surface area contributed by atoms with Crippen LogP contribution in [-0.2, 0) is 0 Å². The summed E-state index contributed by atoms with van der Waals surface area (Å²) in [5.74, 6) is 0.384. The van der Waals surface area contributed by atoms with E-state index in [0.29, 0.717) is 11.5 Å². The predicted octanol–water partition coefficient (Wildman–Crippen LogP) is 3.72. The van der Waals surface area contributed by atoms with Crippen molar-refractivity contribution in [3.8, 4) is 11.3 Å². The molecule has 3 nitrogen and oxygen atoms in total. The highest BCUT2D eigenvalue weighted by atomic mass is 19.1. The van der Waals surface area contributed by atoms with Crippen LogP contribution in [0.15, 0.2) is 24.3 Å². The fourth-order valence-corrected chi connectivity index (χ4v) is 1.78. The van der Waals surface area contributed by atoms with Gasteiger partial charge in [-0.1, -0.05) is 19.1 Å². The van der Waals surface area contributed by atoms with Crippen LogP contribution in [0.1, 0.15) is 24.6 Å². The van der Waals surface area contributed by atoms with Crippen molar-refractivity contribution in [2.75, 3.05) is 11.9 Å². The van der Waals surface area contributed by atoms with Gasteiger partial charge in [-0.3, -0.25) is 0 Å². The summed E-state index contributed by atoms with van der Waals surface area (Å²) in [6.07, 6.45) is 1.01. The molecule has 0 atom stereocenters. The number of anilines is 1. The van der Waals surface area contributed by atoms with Crippen LogP contribution in [0.3, 0.4) is 0 Å². The van der Waals surface area contributed by atoms with Gasteiger partial charge in [-0.25, -0.2) is 14.4 Å². The maximum absolute atomic E-state index is 13.6. The minimum absolute atomic E-state index is 0.211. The molecular formula is C15H18FN3. The first-order chi connectivity index (χ1) is 9.10. The number of nitrogens with one attached hydrogen (secondary N) is 1. The molecule has 100 valence electrons. The number of benzene rings is 1. The Morgan fingerprint density at radius 1 is 1.16 bits per heavy atom. The lowest BCUT2D eigenvalue weighted by Crippen LogP contribution is -2.05. The molecule has 1 N–H and O–H groups in total. The Morgan fingerprint density at radius 3 is 2.63 bits per heavy atom. The van der Waals surface area contributed by atoms with Crippen molar-refractivity contribution in [2.24, 2.45) is 0 Å². The van der Waals surface area contributed by atoms with Gasteiger partial charge in [0, 0.05) is 17.8 Å². The molecule has 2 rings (SSSR count). The number of aryl methyl sites for hydroxylation is 2. The molecule has 2 aromatic rings. The molecule has 0 spiro atoms. The summed E-state index contributed by atoms with van der Waals surface area (Å²) in [6.45, 7) is 6.57. The lowest BCUT2D eigenvalue weighted by Gasteiger charge is -2.08. The molecule has 0 aliphatic carbocycles. The summed E-state index contributed by atoms with van der Waals surface area (Å²) in [5.41, 5.74) is 3.02. The molecular weight excluding hydrogens is 241 g/mol. The molecule has 0 aliphatic heterocycles. The molecule has 0 aliphatic rings. The average molecular weight is 259 g/mol. The second-order valence-corrected chi connectivity index (χ2v) is 4.61. The minimum atomic E-state index is -0.211. The second kappa shape index (κ2) is 5.78. The van der Waals surface area contributed by atoms with Gasteiger partial charge < -0.3 is 5.32 Å². The molecule has 0 amide bonds. The number of aromatic nitrogens is 2. The van der Waals surface area contributed by atoms with Gasteiger partial charge in [0.25, 0.3) is 0 Å². The van der Waals surface area contributed by atoms with Crippen LogP contribution in [0.2, 0.25) is 0 Å². The van der Waals surface area contributed by atoms with Crippen molar-refractivity contribution in [1.29, 1.82) is 0 Å². The van der Waals surface area contributed by atoms with Gasteiger partial charge in [-0.05, 0) is 38.0 Å². The van der Waals surface area contributed by atoms with E-state index < -0.39 is 0 Å². The van der Waals surface area contributed by atoms with E-state index in [-0.39, 0.29) is 5.82 Å². The molecule has 19 heavy (non-hydrogen) atoms. The van der Waals surface area contributed by atoms with Crippen molar-refractivity contribution in [3.63, 3.8) is 0 Å². The van der Waals surface area contributed by atoms with Crippen LogP contribution < -0.4 is 5.32 Å². The summed E-state index contributed by atoms with van der Waals surface area (Å²) < 4.78 is 13.6. The van der Waals surface area contributed by atoms with E-state index in [1.165, 1.54) is 6.07 Å². The van der Waals surface area contributed by atoms with Crippen molar-refractivity contribution in [3.05, 3.63) is 41.3 Å². The lowest BCUT2D eigenvalue weighted by molar-refractivity contribution is 0.619. The Kier molecular flexibility index (Phi) is 4.10. The summed E-state index contributed by atoms with van der Waals surface area (Å²) in [6, 6.07) is 7.02. The molecule has 0 fully saturated rings. The van der Waals surface area contributed by atoms with Gasteiger partial charge in [0.2, 0.25) is 5.95 Å². The molecule has 0 unspecified atom stereocenters. The topological polar surface area (TPSA) is 37.8 Å². The zero-order valence-electron chi connectivity index (χ0n) is 11.5. The Bertz CT molecular complexity index is 582. The molecule has 0 saturated heterocycles. The zero-order chi connectivity index (χ0) is 13.8. The summed E-state index contributed by atoms with van der Waals surface area (Å²) in [5, 5.41) is 3.16. The summed E-state index contributed by atoms with van der Waals surface area (Å²) in [4.78, 5) is 8.74. The van der Waals surface area contributed by atoms with E-state index in [2.05, 4.69) is 22.2 Å². The lowest BCUT2D eigenvalue weighted by atomic mass is 10.1. The van der Waals surface area contributed by atoms with Crippen molar-refractivity contribution < 1.29 is 4.39 Å². The third-order valence-electron chi connectivity index (χ3n) is 2.85. The highest BCUT2D eigenvalue weighted by Crippen LogP contribution is 2.21. The Balaban J connectivity index is 2.37. The largest absolute Gasteiger partial charge is 0.354 e. The van der Waals surface area contributed by atoms with Crippen LogP contribution in [-0.4, -0.2) is 16.5 Å². The molecule has 0 saturated carbocycles. The Hall–Kier alpha value is -1.97. The quantitative estimate of drug-likeness (QED) is 0.909. The first-order valence-electron chi connectivity index (χ1n) is 6.46. The highest BCUT2D eigenvalue weighted by molar-refractivity contribution is 5.61. The second-order valence-electron chi connectivity index (χ2n) is 4.61. The third kappa shape index (κ3) is 3.28. The van der Waals surface area contributed by atoms with E-state index >= 15 is 0 Å².